The van der Waals surface area contributed by atoms with Crippen LogP contribution in [-0.4, -0.2) is 28.7 Å². The summed E-state index contributed by atoms with van der Waals surface area (Å²) < 4.78 is 0. The summed E-state index contributed by atoms with van der Waals surface area (Å²) >= 11 is 1.08. The Kier molecular flexibility index (Phi) is 4.84. The number of anilines is 1. The van der Waals surface area contributed by atoms with Gasteiger partial charge in [-0.3, -0.25) is 29.8 Å². The van der Waals surface area contributed by atoms with Crippen LogP contribution in [-0.2, 0) is 0 Å². The van der Waals surface area contributed by atoms with Crippen molar-refractivity contribution in [2.45, 2.75) is 0 Å². The topological polar surface area (TPSA) is 144 Å². The minimum Gasteiger partial charge on any atom is -0.355 e. The predicted molar refractivity (Wildman–Crippen MR) is 85.4 cm³/mol. The van der Waals surface area contributed by atoms with E-state index in [1.165, 1.54) is 13.1 Å². The molecule has 0 unspecified atom stereocenters. The zero-order valence-electron chi connectivity index (χ0n) is 12.1. The third-order valence-electron chi connectivity index (χ3n) is 2.95. The van der Waals surface area contributed by atoms with Gasteiger partial charge in [-0.25, -0.2) is 0 Å². The third kappa shape index (κ3) is 3.52. The van der Waals surface area contributed by atoms with E-state index >= 15 is 0 Å². The van der Waals surface area contributed by atoms with Gasteiger partial charge in [-0.1, -0.05) is 0 Å². The average Bonchev–Trinajstić information content (AvgIpc) is 3.01. The minimum atomic E-state index is -0.828. The van der Waals surface area contributed by atoms with E-state index in [1.807, 2.05) is 0 Å². The number of benzene rings is 1. The fourth-order valence-corrected chi connectivity index (χ4v) is 2.61. The van der Waals surface area contributed by atoms with Gasteiger partial charge in [0.25, 0.3) is 23.2 Å². The second-order valence-electron chi connectivity index (χ2n) is 4.45. The van der Waals surface area contributed by atoms with Gasteiger partial charge in [0, 0.05) is 19.2 Å². The van der Waals surface area contributed by atoms with Crippen LogP contribution in [0.5, 0.6) is 0 Å². The van der Waals surface area contributed by atoms with Gasteiger partial charge in [0.15, 0.2) is 0 Å². The molecule has 0 aliphatic heterocycles. The summed E-state index contributed by atoms with van der Waals surface area (Å²) in [5.74, 6) is -1.22. The Bertz CT molecular complexity index is 814. The average molecular weight is 350 g/mol. The van der Waals surface area contributed by atoms with Crippen LogP contribution >= 0.6 is 11.3 Å². The van der Waals surface area contributed by atoms with Crippen molar-refractivity contribution in [3.05, 3.63) is 61.0 Å². The first-order valence-electron chi connectivity index (χ1n) is 6.38. The first-order valence-corrected chi connectivity index (χ1v) is 7.26. The molecule has 2 N–H and O–H groups in total. The lowest BCUT2D eigenvalue weighted by atomic mass is 10.1. The number of nitro benzene ring substituents is 2. The molecule has 1 aromatic heterocycles. The van der Waals surface area contributed by atoms with Crippen molar-refractivity contribution in [1.82, 2.24) is 5.32 Å². The number of hydrogen-bond acceptors (Lipinski definition) is 7. The van der Waals surface area contributed by atoms with E-state index in [2.05, 4.69) is 10.6 Å². The fraction of sp³-hybridized carbons (Fsp3) is 0.0769. The number of rotatable bonds is 5. The van der Waals surface area contributed by atoms with Crippen LogP contribution in [0.4, 0.5) is 16.4 Å². The molecule has 0 spiro atoms. The highest BCUT2D eigenvalue weighted by Gasteiger charge is 2.21. The Balaban J connectivity index is 2.36. The maximum absolute atomic E-state index is 12.2. The van der Waals surface area contributed by atoms with Gasteiger partial charge in [-0.2, -0.15) is 0 Å². The Labute approximate surface area is 138 Å². The largest absolute Gasteiger partial charge is 0.355 e. The number of nitrogens with zero attached hydrogens (tertiary/aromatic N) is 2. The van der Waals surface area contributed by atoms with Crippen molar-refractivity contribution >= 4 is 39.5 Å². The first-order chi connectivity index (χ1) is 11.3. The second kappa shape index (κ2) is 6.83. The third-order valence-corrected chi connectivity index (χ3v) is 3.78. The highest BCUT2D eigenvalue weighted by atomic mass is 32.1. The maximum Gasteiger partial charge on any atom is 0.277 e. The molecule has 1 heterocycles. The first kappa shape index (κ1) is 17.0. The van der Waals surface area contributed by atoms with Crippen LogP contribution in [0, 0.1) is 20.2 Å². The normalized spacial score (nSPS) is 10.0. The number of carbonyl (C=O) groups excluding carboxylic acids is 2. The molecule has 0 atom stereocenters. The molecule has 0 radical (unpaired) electrons. The number of carbonyl (C=O) groups is 2. The van der Waals surface area contributed by atoms with Crippen LogP contribution in [0.2, 0.25) is 0 Å². The highest BCUT2D eigenvalue weighted by molar-refractivity contribution is 7.14. The van der Waals surface area contributed by atoms with Crippen molar-refractivity contribution < 1.29 is 19.4 Å². The van der Waals surface area contributed by atoms with Crippen molar-refractivity contribution in [3.8, 4) is 0 Å². The van der Waals surface area contributed by atoms with E-state index in [-0.39, 0.29) is 16.1 Å². The fourth-order valence-electron chi connectivity index (χ4n) is 1.83. The lowest BCUT2D eigenvalue weighted by Gasteiger charge is -2.06. The SMILES string of the molecule is CNC(=O)c1ccsc1NC(=O)c1cc([N+](=O)[O-])cc([N+](=O)[O-])c1. The van der Waals surface area contributed by atoms with Crippen LogP contribution in [0.1, 0.15) is 20.7 Å². The lowest BCUT2D eigenvalue weighted by Crippen LogP contribution is -2.20. The van der Waals surface area contributed by atoms with Gasteiger partial charge in [0.05, 0.1) is 27.0 Å². The zero-order chi connectivity index (χ0) is 17.9. The standard InChI is InChI=1S/C13H10N4O6S/c1-14-12(19)10-2-3-24-13(10)15-11(18)7-4-8(16(20)21)6-9(5-7)17(22)23/h2-6H,1H3,(H,14,19)(H,15,18). The monoisotopic (exact) mass is 350 g/mol. The molecule has 11 heteroatoms. The lowest BCUT2D eigenvalue weighted by molar-refractivity contribution is -0.394. The summed E-state index contributed by atoms with van der Waals surface area (Å²) in [6.45, 7) is 0. The molecule has 0 aliphatic carbocycles. The number of amides is 2. The van der Waals surface area contributed by atoms with Gasteiger partial charge in [-0.05, 0) is 11.4 Å². The maximum atomic E-state index is 12.2. The van der Waals surface area contributed by atoms with E-state index in [9.17, 15) is 29.8 Å². The quantitative estimate of drug-likeness (QED) is 0.624. The summed E-state index contributed by atoms with van der Waals surface area (Å²) in [4.78, 5) is 44.0. The molecule has 0 bridgehead atoms. The van der Waals surface area contributed by atoms with Gasteiger partial charge in [0.2, 0.25) is 0 Å². The number of hydrogen-bond donors (Lipinski definition) is 2. The van der Waals surface area contributed by atoms with Crippen molar-refractivity contribution in [3.63, 3.8) is 0 Å². The Hall–Kier alpha value is -3.34. The predicted octanol–water partition coefficient (Wildman–Crippen LogP) is 2.18. The molecular weight excluding hydrogens is 340 g/mol. The molecule has 0 saturated heterocycles. The molecule has 124 valence electrons. The summed E-state index contributed by atoms with van der Waals surface area (Å²) in [5, 5.41) is 28.3. The molecule has 24 heavy (non-hydrogen) atoms. The van der Waals surface area contributed by atoms with E-state index in [0.717, 1.165) is 29.5 Å². The number of nitro groups is 2. The molecule has 0 fully saturated rings. The van der Waals surface area contributed by atoms with E-state index in [4.69, 9.17) is 0 Å². The van der Waals surface area contributed by atoms with Gasteiger partial charge < -0.3 is 10.6 Å². The van der Waals surface area contributed by atoms with Crippen LogP contribution in [0.3, 0.4) is 0 Å². The molecule has 0 aliphatic rings. The van der Waals surface area contributed by atoms with Crippen LogP contribution in [0.15, 0.2) is 29.6 Å². The molecule has 2 amide bonds. The second-order valence-corrected chi connectivity index (χ2v) is 5.37. The Morgan fingerprint density at radius 2 is 1.62 bits per heavy atom. The summed E-state index contributed by atoms with van der Waals surface area (Å²) in [6, 6.07) is 4.11. The van der Waals surface area contributed by atoms with Gasteiger partial charge in [0.1, 0.15) is 5.00 Å². The van der Waals surface area contributed by atoms with Crippen LogP contribution < -0.4 is 10.6 Å². The molecule has 2 rings (SSSR count). The molecule has 2 aromatic rings. The zero-order valence-corrected chi connectivity index (χ0v) is 13.0. The van der Waals surface area contributed by atoms with E-state index in [1.54, 1.807) is 5.38 Å². The van der Waals surface area contributed by atoms with Crippen molar-refractivity contribution in [2.24, 2.45) is 0 Å². The minimum absolute atomic E-state index is 0.218. The van der Waals surface area contributed by atoms with Crippen molar-refractivity contribution in [1.29, 1.82) is 0 Å². The highest BCUT2D eigenvalue weighted by Crippen LogP contribution is 2.26. The van der Waals surface area contributed by atoms with E-state index < -0.39 is 33.0 Å². The van der Waals surface area contributed by atoms with Crippen molar-refractivity contribution in [2.75, 3.05) is 12.4 Å². The number of thiophene rings is 1. The van der Waals surface area contributed by atoms with Gasteiger partial charge >= 0.3 is 0 Å². The molecular formula is C13H10N4O6S. The summed E-state index contributed by atoms with van der Waals surface area (Å²) in [5.41, 5.74) is -1.19. The summed E-state index contributed by atoms with van der Waals surface area (Å²) in [7, 11) is 1.43. The van der Waals surface area contributed by atoms with Gasteiger partial charge in [-0.15, -0.1) is 11.3 Å². The molecule has 0 saturated carbocycles. The van der Waals surface area contributed by atoms with Crippen LogP contribution in [0.25, 0.3) is 0 Å². The number of non-ortho nitro benzene ring substituents is 2. The molecule has 1 aromatic carbocycles. The number of nitrogens with one attached hydrogen (secondary N) is 2. The Morgan fingerprint density at radius 1 is 1.04 bits per heavy atom. The smallest absolute Gasteiger partial charge is 0.277 e. The molecule has 10 nitrogen and oxygen atoms in total. The Morgan fingerprint density at radius 3 is 2.12 bits per heavy atom. The summed E-state index contributed by atoms with van der Waals surface area (Å²) in [6.07, 6.45) is 0. The van der Waals surface area contributed by atoms with E-state index in [0.29, 0.717) is 0 Å².